The summed E-state index contributed by atoms with van der Waals surface area (Å²) in [6.45, 7) is 8.08. The average molecular weight is 263 g/mol. The molecule has 2 rings (SSSR count). The molecule has 0 aliphatic carbocycles. The Labute approximate surface area is 115 Å². The third-order valence-corrected chi connectivity index (χ3v) is 4.04. The topological polar surface area (TPSA) is 53.7 Å². The lowest BCUT2D eigenvalue weighted by atomic mass is 9.75. The maximum atomic E-state index is 6.26. The zero-order valence-electron chi connectivity index (χ0n) is 12.3. The van der Waals surface area contributed by atoms with Crippen molar-refractivity contribution < 1.29 is 14.0 Å². The number of benzene rings is 1. The van der Waals surface area contributed by atoms with Gasteiger partial charge in [0.05, 0.1) is 24.3 Å². The van der Waals surface area contributed by atoms with Gasteiger partial charge in [0.25, 0.3) is 0 Å². The van der Waals surface area contributed by atoms with Gasteiger partial charge in [-0.3, -0.25) is 0 Å². The molecule has 104 valence electrons. The second-order valence-corrected chi connectivity index (χ2v) is 5.93. The first-order chi connectivity index (χ1) is 8.77. The fourth-order valence-corrected chi connectivity index (χ4v) is 2.04. The van der Waals surface area contributed by atoms with Crippen LogP contribution in [0.15, 0.2) is 24.3 Å². The molecule has 0 saturated carbocycles. The number of rotatable bonds is 3. The summed E-state index contributed by atoms with van der Waals surface area (Å²) in [4.78, 5) is 0. The van der Waals surface area contributed by atoms with Crippen molar-refractivity contribution in [3.63, 3.8) is 0 Å². The van der Waals surface area contributed by atoms with E-state index in [1.54, 1.807) is 7.11 Å². The third-order valence-electron chi connectivity index (χ3n) is 4.04. The van der Waals surface area contributed by atoms with Crippen LogP contribution in [0.2, 0.25) is 0 Å². The van der Waals surface area contributed by atoms with Gasteiger partial charge in [0.15, 0.2) is 0 Å². The van der Waals surface area contributed by atoms with Crippen LogP contribution in [0.25, 0.3) is 0 Å². The molecule has 19 heavy (non-hydrogen) atoms. The maximum Gasteiger partial charge on any atom is 0.480 e. The number of hydrogen-bond donors (Lipinski definition) is 1. The van der Waals surface area contributed by atoms with Crippen molar-refractivity contribution in [1.82, 2.24) is 0 Å². The number of nitrogens with two attached hydrogens (primary N) is 1. The molecule has 0 bridgehead atoms. The van der Waals surface area contributed by atoms with Gasteiger partial charge >= 0.3 is 7.12 Å². The highest BCUT2D eigenvalue weighted by Gasteiger charge is 2.53. The molecule has 1 aliphatic rings. The Morgan fingerprint density at radius 2 is 1.74 bits per heavy atom. The highest BCUT2D eigenvalue weighted by Crippen LogP contribution is 2.39. The minimum absolute atomic E-state index is 0.337. The van der Waals surface area contributed by atoms with Gasteiger partial charge in [-0.25, -0.2) is 0 Å². The van der Waals surface area contributed by atoms with Crippen LogP contribution < -0.4 is 10.5 Å². The molecular weight excluding hydrogens is 241 g/mol. The van der Waals surface area contributed by atoms with Gasteiger partial charge in [-0.15, -0.1) is 0 Å². The Hall–Kier alpha value is -1.04. The molecule has 0 radical (unpaired) electrons. The van der Waals surface area contributed by atoms with E-state index in [4.69, 9.17) is 19.8 Å². The molecule has 1 aliphatic heterocycles. The summed E-state index contributed by atoms with van der Waals surface area (Å²) in [5.74, 6) is 0.445. The Morgan fingerprint density at radius 3 is 2.26 bits per heavy atom. The van der Waals surface area contributed by atoms with E-state index in [2.05, 4.69) is 0 Å². The lowest BCUT2D eigenvalue weighted by Gasteiger charge is -2.32. The first-order valence-electron chi connectivity index (χ1n) is 6.52. The van der Waals surface area contributed by atoms with Crippen LogP contribution >= 0.6 is 0 Å². The molecule has 4 nitrogen and oxygen atoms in total. The van der Waals surface area contributed by atoms with Crippen LogP contribution in [0.1, 0.15) is 39.2 Å². The summed E-state index contributed by atoms with van der Waals surface area (Å²) >= 11 is 0. The molecule has 1 saturated heterocycles. The first-order valence-corrected chi connectivity index (χ1v) is 6.52. The average Bonchev–Trinajstić information content (AvgIpc) is 2.57. The van der Waals surface area contributed by atoms with Gasteiger partial charge in [0.2, 0.25) is 0 Å². The van der Waals surface area contributed by atoms with Crippen LogP contribution in [0.5, 0.6) is 5.75 Å². The first kappa shape index (κ1) is 14.4. The molecule has 1 heterocycles. The van der Waals surface area contributed by atoms with Gasteiger partial charge in [-0.05, 0) is 45.4 Å². The molecule has 0 amide bonds. The van der Waals surface area contributed by atoms with Crippen molar-refractivity contribution in [1.29, 1.82) is 0 Å². The zero-order chi connectivity index (χ0) is 14.3. The van der Waals surface area contributed by atoms with Crippen molar-refractivity contribution in [2.24, 2.45) is 5.73 Å². The van der Waals surface area contributed by atoms with Gasteiger partial charge in [-0.1, -0.05) is 12.1 Å². The summed E-state index contributed by atoms with van der Waals surface area (Å²) < 4.78 is 17.1. The maximum absolute atomic E-state index is 6.26. The Balaban J connectivity index is 2.19. The molecule has 1 aromatic carbocycles. The van der Waals surface area contributed by atoms with E-state index in [0.717, 1.165) is 11.3 Å². The second-order valence-electron chi connectivity index (χ2n) is 5.93. The van der Waals surface area contributed by atoms with E-state index in [1.807, 2.05) is 52.0 Å². The monoisotopic (exact) mass is 263 g/mol. The van der Waals surface area contributed by atoms with E-state index in [-0.39, 0.29) is 17.1 Å². The third kappa shape index (κ3) is 2.64. The standard InChI is InChI=1S/C14H22BNO3/c1-13(2)14(3,4)19-15(18-13)12(16)10-7-6-8-11(9-10)17-5/h6-9,12H,16H2,1-5H3/t12-/m1/s1. The van der Waals surface area contributed by atoms with Crippen LogP contribution in [0, 0.1) is 0 Å². The van der Waals surface area contributed by atoms with E-state index < -0.39 is 7.12 Å². The van der Waals surface area contributed by atoms with Crippen LogP contribution in [-0.4, -0.2) is 25.4 Å². The number of ether oxygens (including phenoxy) is 1. The number of hydrogen-bond acceptors (Lipinski definition) is 4. The fraction of sp³-hybridized carbons (Fsp3) is 0.571. The van der Waals surface area contributed by atoms with Gasteiger partial charge in [0, 0.05) is 0 Å². The SMILES string of the molecule is COc1cccc([C@@H](N)B2OC(C)(C)C(C)(C)O2)c1. The summed E-state index contributed by atoms with van der Waals surface area (Å²) in [7, 11) is 1.19. The summed E-state index contributed by atoms with van der Waals surface area (Å²) in [5.41, 5.74) is 6.47. The highest BCUT2D eigenvalue weighted by atomic mass is 16.7. The Morgan fingerprint density at radius 1 is 1.16 bits per heavy atom. The van der Waals surface area contributed by atoms with Crippen molar-refractivity contribution >= 4 is 7.12 Å². The predicted molar refractivity (Wildman–Crippen MR) is 76.0 cm³/mol. The smallest absolute Gasteiger partial charge is 0.480 e. The van der Waals surface area contributed by atoms with E-state index in [1.165, 1.54) is 0 Å². The van der Waals surface area contributed by atoms with Crippen molar-refractivity contribution in [2.75, 3.05) is 7.11 Å². The van der Waals surface area contributed by atoms with Crippen LogP contribution in [0.3, 0.4) is 0 Å². The highest BCUT2D eigenvalue weighted by molar-refractivity contribution is 6.47. The quantitative estimate of drug-likeness (QED) is 0.850. The summed E-state index contributed by atoms with van der Waals surface area (Å²) in [5, 5.41) is 0. The largest absolute Gasteiger partial charge is 0.497 e. The summed E-state index contributed by atoms with van der Waals surface area (Å²) in [6.07, 6.45) is 0. The number of methoxy groups -OCH3 is 1. The molecule has 1 fully saturated rings. The van der Waals surface area contributed by atoms with E-state index in [0.29, 0.717) is 0 Å². The summed E-state index contributed by atoms with van der Waals surface area (Å²) in [6, 6.07) is 7.67. The van der Waals surface area contributed by atoms with Crippen molar-refractivity contribution in [2.45, 2.75) is 44.8 Å². The van der Waals surface area contributed by atoms with Gasteiger partial charge in [-0.2, -0.15) is 0 Å². The van der Waals surface area contributed by atoms with Gasteiger partial charge in [0.1, 0.15) is 5.75 Å². The molecule has 1 atom stereocenters. The second kappa shape index (κ2) is 4.82. The molecule has 1 aromatic rings. The lowest BCUT2D eigenvalue weighted by molar-refractivity contribution is 0.00578. The molecular formula is C14H22BNO3. The molecule has 2 N–H and O–H groups in total. The predicted octanol–water partition coefficient (Wildman–Crippen LogP) is 2.33. The van der Waals surface area contributed by atoms with E-state index >= 15 is 0 Å². The molecule has 0 aromatic heterocycles. The molecule has 0 spiro atoms. The Kier molecular flexibility index (Phi) is 3.64. The van der Waals surface area contributed by atoms with Crippen molar-refractivity contribution in [3.05, 3.63) is 29.8 Å². The molecule has 5 heteroatoms. The molecule has 0 unspecified atom stereocenters. The van der Waals surface area contributed by atoms with E-state index in [9.17, 15) is 0 Å². The van der Waals surface area contributed by atoms with Crippen LogP contribution in [0.4, 0.5) is 0 Å². The zero-order valence-corrected chi connectivity index (χ0v) is 12.3. The minimum Gasteiger partial charge on any atom is -0.497 e. The Bertz CT molecular complexity index is 446. The van der Waals surface area contributed by atoms with Gasteiger partial charge < -0.3 is 19.8 Å². The lowest BCUT2D eigenvalue weighted by Crippen LogP contribution is -2.41. The minimum atomic E-state index is -0.447. The fourth-order valence-electron chi connectivity index (χ4n) is 2.04. The van der Waals surface area contributed by atoms with Crippen LogP contribution in [-0.2, 0) is 9.31 Å². The normalized spacial score (nSPS) is 22.3. The van der Waals surface area contributed by atoms with Crippen molar-refractivity contribution in [3.8, 4) is 5.75 Å².